The predicted octanol–water partition coefficient (Wildman–Crippen LogP) is 3.96. The van der Waals surface area contributed by atoms with Crippen molar-refractivity contribution in [3.63, 3.8) is 0 Å². The fourth-order valence-electron chi connectivity index (χ4n) is 1.93. The molecule has 0 aliphatic rings. The number of rotatable bonds is 5. The van der Waals surface area contributed by atoms with Gasteiger partial charge in [-0.1, -0.05) is 36.7 Å². The molecule has 4 heteroatoms. The molecule has 2 aromatic rings. The zero-order chi connectivity index (χ0) is 13.7. The van der Waals surface area contributed by atoms with Crippen LogP contribution in [0, 0.1) is 5.82 Å². The maximum Gasteiger partial charge on any atom is 0.141 e. The highest BCUT2D eigenvalue weighted by atomic mass is 35.5. The summed E-state index contributed by atoms with van der Waals surface area (Å²) in [7, 11) is 0. The Morgan fingerprint density at radius 2 is 2.05 bits per heavy atom. The van der Waals surface area contributed by atoms with E-state index in [9.17, 15) is 4.39 Å². The van der Waals surface area contributed by atoms with E-state index in [1.54, 1.807) is 6.07 Å². The maximum absolute atomic E-state index is 13.0. The number of benzene rings is 1. The zero-order valence-electron chi connectivity index (χ0n) is 10.7. The average Bonchev–Trinajstić information content (AvgIpc) is 2.43. The number of aromatic nitrogens is 1. The van der Waals surface area contributed by atoms with Crippen molar-refractivity contribution in [1.29, 1.82) is 0 Å². The lowest BCUT2D eigenvalue weighted by molar-refractivity contribution is 0.576. The van der Waals surface area contributed by atoms with Crippen LogP contribution in [-0.2, 0) is 0 Å². The summed E-state index contributed by atoms with van der Waals surface area (Å²) in [4.78, 5) is 4.15. The van der Waals surface area contributed by atoms with Crippen molar-refractivity contribution in [3.8, 4) is 0 Å². The normalized spacial score (nSPS) is 12.4. The van der Waals surface area contributed by atoms with E-state index in [1.165, 1.54) is 12.3 Å². The fourth-order valence-corrected chi connectivity index (χ4v) is 2.17. The summed E-state index contributed by atoms with van der Waals surface area (Å²) < 4.78 is 13.0. The largest absolute Gasteiger partial charge is 0.305 e. The van der Waals surface area contributed by atoms with Gasteiger partial charge in [-0.15, -0.1) is 0 Å². The minimum absolute atomic E-state index is 0.116. The van der Waals surface area contributed by atoms with Crippen LogP contribution in [0.15, 0.2) is 42.6 Å². The van der Waals surface area contributed by atoms with Gasteiger partial charge in [-0.2, -0.15) is 0 Å². The van der Waals surface area contributed by atoms with E-state index in [-0.39, 0.29) is 11.9 Å². The Balaban J connectivity index is 2.35. The summed E-state index contributed by atoms with van der Waals surface area (Å²) in [5, 5.41) is 4.08. The first-order chi connectivity index (χ1) is 9.22. The average molecular weight is 279 g/mol. The molecule has 1 heterocycles. The lowest BCUT2D eigenvalue weighted by Crippen LogP contribution is -2.24. The Labute approximate surface area is 117 Å². The van der Waals surface area contributed by atoms with Crippen LogP contribution in [-0.4, -0.2) is 11.5 Å². The lowest BCUT2D eigenvalue weighted by Gasteiger charge is -2.19. The molecule has 0 saturated heterocycles. The van der Waals surface area contributed by atoms with Crippen molar-refractivity contribution < 1.29 is 4.39 Å². The van der Waals surface area contributed by atoms with Gasteiger partial charge in [-0.25, -0.2) is 4.39 Å². The number of nitrogens with zero attached hydrogens (tertiary/aromatic N) is 1. The number of nitrogens with one attached hydrogen (secondary N) is 1. The van der Waals surface area contributed by atoms with E-state index < -0.39 is 0 Å². The molecule has 0 spiro atoms. The molecule has 1 unspecified atom stereocenters. The lowest BCUT2D eigenvalue weighted by atomic mass is 10.0. The van der Waals surface area contributed by atoms with Gasteiger partial charge in [0.05, 0.1) is 17.9 Å². The standard InChI is InChI=1S/C15H16ClFN2/c1-2-9-18-15(12-5-3-4-6-13(12)16)14-8-7-11(17)10-19-14/h3-8,10,15,18H,2,9H2,1H3. The number of halogens is 2. The predicted molar refractivity (Wildman–Crippen MR) is 75.8 cm³/mol. The van der Waals surface area contributed by atoms with Crippen molar-refractivity contribution in [1.82, 2.24) is 10.3 Å². The molecule has 0 radical (unpaired) electrons. The molecule has 1 N–H and O–H groups in total. The third-order valence-corrected chi connectivity index (χ3v) is 3.20. The Hall–Kier alpha value is -1.45. The van der Waals surface area contributed by atoms with Gasteiger partial charge in [-0.3, -0.25) is 4.98 Å². The second-order valence-corrected chi connectivity index (χ2v) is 4.72. The van der Waals surface area contributed by atoms with E-state index in [0.717, 1.165) is 24.2 Å². The Morgan fingerprint density at radius 1 is 1.26 bits per heavy atom. The Morgan fingerprint density at radius 3 is 2.68 bits per heavy atom. The minimum Gasteiger partial charge on any atom is -0.305 e. The number of hydrogen-bond donors (Lipinski definition) is 1. The topological polar surface area (TPSA) is 24.9 Å². The summed E-state index contributed by atoms with van der Waals surface area (Å²) in [5.74, 6) is -0.336. The quantitative estimate of drug-likeness (QED) is 0.895. The molecule has 100 valence electrons. The van der Waals surface area contributed by atoms with Crippen molar-refractivity contribution in [2.45, 2.75) is 19.4 Å². The van der Waals surface area contributed by atoms with E-state index in [1.807, 2.05) is 24.3 Å². The second kappa shape index (κ2) is 6.64. The van der Waals surface area contributed by atoms with Crippen LogP contribution in [0.1, 0.15) is 30.6 Å². The molecule has 2 rings (SSSR count). The molecule has 1 aromatic carbocycles. The van der Waals surface area contributed by atoms with E-state index in [4.69, 9.17) is 11.6 Å². The molecule has 1 aromatic heterocycles. The van der Waals surface area contributed by atoms with Gasteiger partial charge in [0, 0.05) is 5.02 Å². The van der Waals surface area contributed by atoms with Gasteiger partial charge in [-0.05, 0) is 36.7 Å². The molecule has 1 atom stereocenters. The second-order valence-electron chi connectivity index (χ2n) is 4.31. The first-order valence-corrected chi connectivity index (χ1v) is 6.69. The monoisotopic (exact) mass is 278 g/mol. The van der Waals surface area contributed by atoms with Crippen LogP contribution >= 0.6 is 11.6 Å². The van der Waals surface area contributed by atoms with Gasteiger partial charge in [0.15, 0.2) is 0 Å². The minimum atomic E-state index is -0.336. The van der Waals surface area contributed by atoms with Crippen LogP contribution in [0.5, 0.6) is 0 Å². The summed E-state index contributed by atoms with van der Waals surface area (Å²) in [6.07, 6.45) is 2.23. The molecule has 2 nitrogen and oxygen atoms in total. The van der Waals surface area contributed by atoms with Crippen LogP contribution in [0.4, 0.5) is 4.39 Å². The molecule has 0 aliphatic heterocycles. The highest BCUT2D eigenvalue weighted by Gasteiger charge is 2.17. The summed E-state index contributed by atoms with van der Waals surface area (Å²) in [6.45, 7) is 2.93. The molecule has 0 bridgehead atoms. The third kappa shape index (κ3) is 3.52. The van der Waals surface area contributed by atoms with Crippen molar-refractivity contribution in [2.24, 2.45) is 0 Å². The molecule has 0 aliphatic carbocycles. The van der Waals surface area contributed by atoms with E-state index >= 15 is 0 Å². The Kier molecular flexibility index (Phi) is 4.88. The van der Waals surface area contributed by atoms with E-state index in [0.29, 0.717) is 5.02 Å². The van der Waals surface area contributed by atoms with Crippen molar-refractivity contribution in [3.05, 3.63) is 64.7 Å². The van der Waals surface area contributed by atoms with Gasteiger partial charge < -0.3 is 5.32 Å². The van der Waals surface area contributed by atoms with Gasteiger partial charge in [0.25, 0.3) is 0 Å². The molecule has 19 heavy (non-hydrogen) atoms. The molecule has 0 fully saturated rings. The van der Waals surface area contributed by atoms with Crippen molar-refractivity contribution >= 4 is 11.6 Å². The van der Waals surface area contributed by atoms with Gasteiger partial charge in [0.2, 0.25) is 0 Å². The molecule has 0 saturated carbocycles. The highest BCUT2D eigenvalue weighted by Crippen LogP contribution is 2.27. The number of hydrogen-bond acceptors (Lipinski definition) is 2. The van der Waals surface area contributed by atoms with Crippen LogP contribution in [0.25, 0.3) is 0 Å². The summed E-state index contributed by atoms with van der Waals surface area (Å²) in [5.41, 5.74) is 1.72. The molecule has 0 amide bonds. The smallest absolute Gasteiger partial charge is 0.141 e. The maximum atomic E-state index is 13.0. The fraction of sp³-hybridized carbons (Fsp3) is 0.267. The van der Waals surface area contributed by atoms with Crippen LogP contribution in [0.3, 0.4) is 0 Å². The Bertz CT molecular complexity index is 528. The SMILES string of the molecule is CCCNC(c1ccc(F)cn1)c1ccccc1Cl. The number of pyridine rings is 1. The van der Waals surface area contributed by atoms with Gasteiger partial charge >= 0.3 is 0 Å². The molecular formula is C15H16ClFN2. The van der Waals surface area contributed by atoms with Crippen LogP contribution < -0.4 is 5.32 Å². The van der Waals surface area contributed by atoms with Crippen LogP contribution in [0.2, 0.25) is 5.02 Å². The first-order valence-electron chi connectivity index (χ1n) is 6.31. The van der Waals surface area contributed by atoms with Crippen molar-refractivity contribution in [2.75, 3.05) is 6.54 Å². The van der Waals surface area contributed by atoms with E-state index in [2.05, 4.69) is 17.2 Å². The first kappa shape index (κ1) is 14.0. The highest BCUT2D eigenvalue weighted by molar-refractivity contribution is 6.31. The van der Waals surface area contributed by atoms with Gasteiger partial charge in [0.1, 0.15) is 5.82 Å². The zero-order valence-corrected chi connectivity index (χ0v) is 11.5. The summed E-state index contributed by atoms with van der Waals surface area (Å²) >= 11 is 6.24. The third-order valence-electron chi connectivity index (χ3n) is 2.86. The molecular weight excluding hydrogens is 263 g/mol. The summed E-state index contributed by atoms with van der Waals surface area (Å²) in [6, 6.07) is 10.6.